The third-order valence-corrected chi connectivity index (χ3v) is 5.26. The van der Waals surface area contributed by atoms with Crippen LogP contribution in [0.25, 0.3) is 0 Å². The predicted molar refractivity (Wildman–Crippen MR) is 80.0 cm³/mol. The lowest BCUT2D eigenvalue weighted by Crippen LogP contribution is -2.13. The summed E-state index contributed by atoms with van der Waals surface area (Å²) in [6, 6.07) is 0. The van der Waals surface area contributed by atoms with E-state index in [4.69, 9.17) is 0 Å². The summed E-state index contributed by atoms with van der Waals surface area (Å²) in [5, 5.41) is 0. The number of halogens is 2. The second-order valence-electron chi connectivity index (χ2n) is 3.29. The molecule has 0 amide bonds. The second-order valence-corrected chi connectivity index (χ2v) is 5.92. The first kappa shape index (κ1) is 20.8. The molecular formula is C10H25Cl2P2. The van der Waals surface area contributed by atoms with Crippen LogP contribution < -0.4 is 0 Å². The summed E-state index contributed by atoms with van der Waals surface area (Å²) >= 11 is 0. The van der Waals surface area contributed by atoms with Crippen LogP contribution in [0.5, 0.6) is 0 Å². The molecule has 0 fully saturated rings. The first-order valence-corrected chi connectivity index (χ1v) is 8.09. The first-order chi connectivity index (χ1) is 5.76. The Bertz CT molecular complexity index is 102. The van der Waals surface area contributed by atoms with Crippen molar-refractivity contribution in [3.05, 3.63) is 6.92 Å². The van der Waals surface area contributed by atoms with Crippen LogP contribution in [-0.2, 0) is 0 Å². The van der Waals surface area contributed by atoms with Crippen molar-refractivity contribution < 1.29 is 0 Å². The van der Waals surface area contributed by atoms with Crippen molar-refractivity contribution in [1.29, 1.82) is 0 Å². The van der Waals surface area contributed by atoms with Gasteiger partial charge in [0, 0.05) is 0 Å². The van der Waals surface area contributed by atoms with Gasteiger partial charge in [-0.2, -0.15) is 0 Å². The maximum absolute atomic E-state index is 4.23. The molecule has 14 heavy (non-hydrogen) atoms. The minimum Gasteiger partial charge on any atom is -0.147 e. The fourth-order valence-corrected chi connectivity index (χ4v) is 3.83. The lowest BCUT2D eigenvalue weighted by molar-refractivity contribution is 0.648. The van der Waals surface area contributed by atoms with E-state index in [9.17, 15) is 0 Å². The van der Waals surface area contributed by atoms with Crippen molar-refractivity contribution in [2.45, 2.75) is 43.9 Å². The maximum atomic E-state index is 4.23. The highest BCUT2D eigenvalue weighted by molar-refractivity contribution is 7.43. The maximum Gasteiger partial charge on any atom is -0.0174 e. The summed E-state index contributed by atoms with van der Waals surface area (Å²) in [5.74, 6) is 0. The zero-order valence-electron chi connectivity index (χ0n) is 9.51. The van der Waals surface area contributed by atoms with Crippen LogP contribution in [0.1, 0.15) is 32.6 Å². The zero-order chi connectivity index (χ0) is 9.40. The molecule has 0 saturated carbocycles. The molecule has 4 heteroatoms. The van der Waals surface area contributed by atoms with Gasteiger partial charge >= 0.3 is 0 Å². The highest BCUT2D eigenvalue weighted by Crippen LogP contribution is 2.31. The minimum atomic E-state index is 0. The molecule has 0 rings (SSSR count). The molecule has 4 unspecified atom stereocenters. The van der Waals surface area contributed by atoms with E-state index in [2.05, 4.69) is 27.2 Å². The average Bonchev–Trinajstić information content (AvgIpc) is 2.11. The van der Waals surface area contributed by atoms with Crippen molar-refractivity contribution in [1.82, 2.24) is 0 Å². The van der Waals surface area contributed by atoms with Gasteiger partial charge in [0.25, 0.3) is 0 Å². The Balaban J connectivity index is -0.000000605. The summed E-state index contributed by atoms with van der Waals surface area (Å²) in [5.41, 5.74) is 1.64. The standard InChI is InChI=1S/C10H23P2.2ClH/c1-5-6-7-8-10(12-4)9(2)11-3;;/h9-12H,2,5-8H2,1,3-4H3;2*1H. The molecule has 0 nitrogen and oxygen atoms in total. The van der Waals surface area contributed by atoms with E-state index in [1.54, 1.807) is 0 Å². The first-order valence-electron chi connectivity index (χ1n) is 4.93. The SMILES string of the molecule is Cl.Cl.[CH2]C(PC)C(CCCCC)PC. The molecule has 0 saturated heterocycles. The lowest BCUT2D eigenvalue weighted by atomic mass is 10.1. The minimum absolute atomic E-state index is 0. The molecule has 0 aliphatic carbocycles. The number of hydrogen-bond acceptors (Lipinski definition) is 0. The molecule has 0 N–H and O–H groups in total. The van der Waals surface area contributed by atoms with Gasteiger partial charge < -0.3 is 0 Å². The van der Waals surface area contributed by atoms with E-state index < -0.39 is 0 Å². The predicted octanol–water partition coefficient (Wildman–Crippen LogP) is 4.60. The van der Waals surface area contributed by atoms with Crippen LogP contribution in [0.2, 0.25) is 0 Å². The molecule has 0 aromatic heterocycles. The second kappa shape index (κ2) is 14.4. The third kappa shape index (κ3) is 9.97. The van der Waals surface area contributed by atoms with Gasteiger partial charge in [-0.15, -0.1) is 42.0 Å². The van der Waals surface area contributed by atoms with Gasteiger partial charge in [0.1, 0.15) is 0 Å². The van der Waals surface area contributed by atoms with Gasteiger partial charge in [-0.3, -0.25) is 0 Å². The van der Waals surface area contributed by atoms with E-state index >= 15 is 0 Å². The van der Waals surface area contributed by atoms with Crippen molar-refractivity contribution >= 4 is 42.0 Å². The fraction of sp³-hybridized carbons (Fsp3) is 0.900. The van der Waals surface area contributed by atoms with Gasteiger partial charge in [0.2, 0.25) is 0 Å². The van der Waals surface area contributed by atoms with Crippen LogP contribution in [0, 0.1) is 6.92 Å². The largest absolute Gasteiger partial charge is 0.147 e. The van der Waals surface area contributed by atoms with E-state index in [0.717, 1.165) is 28.5 Å². The van der Waals surface area contributed by atoms with E-state index in [1.165, 1.54) is 25.7 Å². The fourth-order valence-electron chi connectivity index (χ4n) is 1.36. The quantitative estimate of drug-likeness (QED) is 0.471. The Morgan fingerprint density at radius 2 is 1.64 bits per heavy atom. The summed E-state index contributed by atoms with van der Waals surface area (Å²) in [6.07, 6.45) is 5.58. The molecule has 0 aliphatic heterocycles. The number of rotatable bonds is 7. The van der Waals surface area contributed by atoms with Crippen LogP contribution in [0.15, 0.2) is 0 Å². The average molecular weight is 278 g/mol. The highest BCUT2D eigenvalue weighted by Gasteiger charge is 2.12. The van der Waals surface area contributed by atoms with Gasteiger partial charge in [-0.05, 0) is 38.0 Å². The van der Waals surface area contributed by atoms with Crippen LogP contribution >= 0.6 is 42.0 Å². The number of hydrogen-bond donors (Lipinski definition) is 0. The summed E-state index contributed by atoms with van der Waals surface area (Å²) in [6.45, 7) is 11.1. The van der Waals surface area contributed by atoms with Gasteiger partial charge in [0.05, 0.1) is 0 Å². The van der Waals surface area contributed by atoms with Crippen LogP contribution in [0.4, 0.5) is 0 Å². The normalized spacial score (nSPS) is 15.4. The molecule has 0 aromatic carbocycles. The van der Waals surface area contributed by atoms with E-state index in [1.807, 2.05) is 0 Å². The van der Waals surface area contributed by atoms with Crippen LogP contribution in [-0.4, -0.2) is 24.6 Å². The number of unbranched alkanes of at least 4 members (excludes halogenated alkanes) is 2. The van der Waals surface area contributed by atoms with Crippen LogP contribution in [0.3, 0.4) is 0 Å². The zero-order valence-corrected chi connectivity index (χ0v) is 13.1. The van der Waals surface area contributed by atoms with Crippen molar-refractivity contribution in [2.24, 2.45) is 0 Å². The molecule has 0 spiro atoms. The van der Waals surface area contributed by atoms with E-state index in [0.29, 0.717) is 0 Å². The monoisotopic (exact) mass is 277 g/mol. The van der Waals surface area contributed by atoms with Gasteiger partial charge in [-0.25, -0.2) is 0 Å². The molecule has 4 atom stereocenters. The van der Waals surface area contributed by atoms with Gasteiger partial charge in [0.15, 0.2) is 0 Å². The molecular weight excluding hydrogens is 253 g/mol. The Morgan fingerprint density at radius 1 is 1.07 bits per heavy atom. The molecule has 0 aliphatic rings. The summed E-state index contributed by atoms with van der Waals surface area (Å²) < 4.78 is 0. The summed E-state index contributed by atoms with van der Waals surface area (Å²) in [4.78, 5) is 0. The lowest BCUT2D eigenvalue weighted by Gasteiger charge is -2.20. The smallest absolute Gasteiger partial charge is 0.0174 e. The molecule has 0 aromatic rings. The third-order valence-electron chi connectivity index (χ3n) is 2.35. The van der Waals surface area contributed by atoms with Crippen molar-refractivity contribution in [3.8, 4) is 0 Å². The Morgan fingerprint density at radius 3 is 2.00 bits per heavy atom. The summed E-state index contributed by atoms with van der Waals surface area (Å²) in [7, 11) is 2.12. The Labute approximate surface area is 106 Å². The van der Waals surface area contributed by atoms with Crippen molar-refractivity contribution in [2.75, 3.05) is 13.3 Å². The molecule has 89 valence electrons. The van der Waals surface area contributed by atoms with Crippen molar-refractivity contribution in [3.63, 3.8) is 0 Å². The van der Waals surface area contributed by atoms with Gasteiger partial charge in [-0.1, -0.05) is 26.2 Å². The molecule has 0 bridgehead atoms. The molecule has 1 radical (unpaired) electrons. The Hall–Kier alpha value is 1.44. The van der Waals surface area contributed by atoms with E-state index in [-0.39, 0.29) is 24.8 Å². The Kier molecular flexibility index (Phi) is 21.5. The topological polar surface area (TPSA) is 0 Å². The molecule has 0 heterocycles. The highest BCUT2D eigenvalue weighted by atomic mass is 35.5.